The third-order valence-corrected chi connectivity index (χ3v) is 3.93. The number of hydrogen-bond donors (Lipinski definition) is 1. The van der Waals surface area contributed by atoms with E-state index in [1.807, 2.05) is 6.07 Å². The molecule has 1 heterocycles. The first-order chi connectivity index (χ1) is 8.20. The summed E-state index contributed by atoms with van der Waals surface area (Å²) in [6, 6.07) is 6.94. The first-order valence-corrected chi connectivity index (χ1v) is 6.73. The van der Waals surface area contributed by atoms with Crippen LogP contribution >= 0.6 is 28.3 Å². The fourth-order valence-corrected chi connectivity index (χ4v) is 2.83. The summed E-state index contributed by atoms with van der Waals surface area (Å²) in [5.74, 6) is 0.888. The van der Waals surface area contributed by atoms with Crippen molar-refractivity contribution in [2.75, 3.05) is 27.2 Å². The quantitative estimate of drug-likeness (QED) is 0.915. The monoisotopic (exact) mass is 334 g/mol. The van der Waals surface area contributed by atoms with Gasteiger partial charge >= 0.3 is 0 Å². The zero-order chi connectivity index (χ0) is 12.3. The summed E-state index contributed by atoms with van der Waals surface area (Å²) in [6.45, 7) is 3.23. The van der Waals surface area contributed by atoms with Crippen molar-refractivity contribution in [3.8, 4) is 5.75 Å². The molecule has 1 atom stereocenters. The zero-order valence-electron chi connectivity index (χ0n) is 10.8. The van der Waals surface area contributed by atoms with Gasteiger partial charge in [0.05, 0.1) is 11.6 Å². The molecule has 1 aromatic carbocycles. The number of nitrogens with zero attached hydrogens (tertiary/aromatic N) is 1. The minimum absolute atomic E-state index is 0. The Hall–Kier alpha value is -0.290. The smallest absolute Gasteiger partial charge is 0.133 e. The Labute approximate surface area is 123 Å². The lowest BCUT2D eigenvalue weighted by atomic mass is 10.1. The molecule has 1 saturated heterocycles. The molecule has 0 saturated carbocycles. The molecule has 0 aromatic heterocycles. The van der Waals surface area contributed by atoms with Crippen LogP contribution in [0.4, 0.5) is 0 Å². The SMILES string of the molecule is COc1ccc(CN(C)C2CCNC2)cc1Br.Cl. The van der Waals surface area contributed by atoms with Gasteiger partial charge in [0.1, 0.15) is 5.75 Å². The molecule has 0 radical (unpaired) electrons. The van der Waals surface area contributed by atoms with E-state index < -0.39 is 0 Å². The number of halogens is 2. The van der Waals surface area contributed by atoms with Crippen LogP contribution in [0.2, 0.25) is 0 Å². The minimum Gasteiger partial charge on any atom is -0.496 e. The Morgan fingerprint density at radius 1 is 1.50 bits per heavy atom. The molecule has 1 unspecified atom stereocenters. The van der Waals surface area contributed by atoms with Crippen molar-refractivity contribution in [1.82, 2.24) is 10.2 Å². The lowest BCUT2D eigenvalue weighted by Gasteiger charge is -2.23. The van der Waals surface area contributed by atoms with Crippen LogP contribution in [0.15, 0.2) is 22.7 Å². The van der Waals surface area contributed by atoms with E-state index in [-0.39, 0.29) is 12.4 Å². The number of rotatable bonds is 4. The molecule has 0 spiro atoms. The number of benzene rings is 1. The maximum absolute atomic E-state index is 5.23. The molecule has 5 heteroatoms. The van der Waals surface area contributed by atoms with Crippen LogP contribution in [-0.2, 0) is 6.54 Å². The van der Waals surface area contributed by atoms with Crippen molar-refractivity contribution in [1.29, 1.82) is 0 Å². The molecule has 0 aliphatic carbocycles. The van der Waals surface area contributed by atoms with Crippen molar-refractivity contribution in [2.24, 2.45) is 0 Å². The summed E-state index contributed by atoms with van der Waals surface area (Å²) in [5.41, 5.74) is 1.31. The zero-order valence-corrected chi connectivity index (χ0v) is 13.2. The van der Waals surface area contributed by atoms with Gasteiger partial charge in [0.15, 0.2) is 0 Å². The van der Waals surface area contributed by atoms with Gasteiger partial charge in [0, 0.05) is 19.1 Å². The molecular formula is C13H20BrClN2O. The largest absolute Gasteiger partial charge is 0.496 e. The molecule has 18 heavy (non-hydrogen) atoms. The summed E-state index contributed by atoms with van der Waals surface area (Å²) >= 11 is 3.52. The number of nitrogens with one attached hydrogen (secondary N) is 1. The van der Waals surface area contributed by atoms with E-state index in [4.69, 9.17) is 4.74 Å². The number of methoxy groups -OCH3 is 1. The molecule has 1 aliphatic rings. The van der Waals surface area contributed by atoms with Gasteiger partial charge in [-0.05, 0) is 53.6 Å². The topological polar surface area (TPSA) is 24.5 Å². The fraction of sp³-hybridized carbons (Fsp3) is 0.538. The van der Waals surface area contributed by atoms with Gasteiger partial charge in [0.2, 0.25) is 0 Å². The van der Waals surface area contributed by atoms with E-state index in [9.17, 15) is 0 Å². The molecule has 1 aromatic rings. The highest BCUT2D eigenvalue weighted by Crippen LogP contribution is 2.26. The molecule has 102 valence electrons. The summed E-state index contributed by atoms with van der Waals surface area (Å²) in [5, 5.41) is 3.40. The van der Waals surface area contributed by atoms with Gasteiger partial charge in [-0.3, -0.25) is 4.90 Å². The van der Waals surface area contributed by atoms with Crippen LogP contribution in [0.1, 0.15) is 12.0 Å². The second kappa shape index (κ2) is 7.34. The standard InChI is InChI=1S/C13H19BrN2O.ClH/c1-16(11-5-6-15-8-11)9-10-3-4-13(17-2)12(14)7-10;/h3-4,7,11,15H,5-6,8-9H2,1-2H3;1H. The Morgan fingerprint density at radius 2 is 2.28 bits per heavy atom. The third kappa shape index (κ3) is 3.85. The van der Waals surface area contributed by atoms with Crippen LogP contribution < -0.4 is 10.1 Å². The lowest BCUT2D eigenvalue weighted by molar-refractivity contribution is 0.249. The molecule has 0 bridgehead atoms. The highest BCUT2D eigenvalue weighted by atomic mass is 79.9. The predicted octanol–water partition coefficient (Wildman–Crippen LogP) is 2.67. The molecule has 0 amide bonds. The van der Waals surface area contributed by atoms with Crippen molar-refractivity contribution in [3.63, 3.8) is 0 Å². The van der Waals surface area contributed by atoms with Crippen molar-refractivity contribution in [3.05, 3.63) is 28.2 Å². The van der Waals surface area contributed by atoms with Crippen LogP contribution in [-0.4, -0.2) is 38.2 Å². The lowest BCUT2D eigenvalue weighted by Crippen LogP contribution is -2.32. The van der Waals surface area contributed by atoms with Crippen LogP contribution in [0.25, 0.3) is 0 Å². The van der Waals surface area contributed by atoms with E-state index in [1.54, 1.807) is 7.11 Å². The normalized spacial score (nSPS) is 18.8. The van der Waals surface area contributed by atoms with Crippen LogP contribution in [0.5, 0.6) is 5.75 Å². The highest BCUT2D eigenvalue weighted by Gasteiger charge is 2.19. The van der Waals surface area contributed by atoms with Gasteiger partial charge in [-0.1, -0.05) is 6.07 Å². The molecule has 2 rings (SSSR count). The van der Waals surface area contributed by atoms with Gasteiger partial charge in [-0.15, -0.1) is 12.4 Å². The van der Waals surface area contributed by atoms with E-state index in [2.05, 4.69) is 45.3 Å². The van der Waals surface area contributed by atoms with Gasteiger partial charge in [-0.2, -0.15) is 0 Å². The van der Waals surface area contributed by atoms with E-state index >= 15 is 0 Å². The average Bonchev–Trinajstić information content (AvgIpc) is 2.82. The van der Waals surface area contributed by atoms with Gasteiger partial charge < -0.3 is 10.1 Å². The molecule has 1 fully saturated rings. The Morgan fingerprint density at radius 3 is 2.83 bits per heavy atom. The van der Waals surface area contributed by atoms with E-state index in [0.29, 0.717) is 6.04 Å². The first kappa shape index (κ1) is 15.8. The minimum atomic E-state index is 0. The third-order valence-electron chi connectivity index (χ3n) is 3.31. The fourth-order valence-electron chi connectivity index (χ4n) is 2.24. The summed E-state index contributed by atoms with van der Waals surface area (Å²) in [4.78, 5) is 2.41. The Bertz CT molecular complexity index is 383. The van der Waals surface area contributed by atoms with E-state index in [1.165, 1.54) is 12.0 Å². The average molecular weight is 336 g/mol. The number of hydrogen-bond acceptors (Lipinski definition) is 3. The maximum atomic E-state index is 5.23. The Balaban J connectivity index is 0.00000162. The van der Waals surface area contributed by atoms with E-state index in [0.717, 1.165) is 29.9 Å². The predicted molar refractivity (Wildman–Crippen MR) is 80.7 cm³/mol. The first-order valence-electron chi connectivity index (χ1n) is 5.94. The molecule has 1 N–H and O–H groups in total. The van der Waals surface area contributed by atoms with Crippen LogP contribution in [0, 0.1) is 0 Å². The van der Waals surface area contributed by atoms with Gasteiger partial charge in [-0.25, -0.2) is 0 Å². The summed E-state index contributed by atoms with van der Waals surface area (Å²) in [6.07, 6.45) is 1.24. The molecular weight excluding hydrogens is 316 g/mol. The summed E-state index contributed by atoms with van der Waals surface area (Å²) < 4.78 is 6.26. The number of likely N-dealkylation sites (N-methyl/N-ethyl adjacent to an activating group) is 1. The second-order valence-electron chi connectivity index (χ2n) is 4.53. The molecule has 3 nitrogen and oxygen atoms in total. The van der Waals surface area contributed by atoms with Crippen LogP contribution in [0.3, 0.4) is 0 Å². The Kier molecular flexibility index (Phi) is 6.43. The van der Waals surface area contributed by atoms with Crippen molar-refractivity contribution < 1.29 is 4.74 Å². The maximum Gasteiger partial charge on any atom is 0.133 e. The number of ether oxygens (including phenoxy) is 1. The second-order valence-corrected chi connectivity index (χ2v) is 5.38. The highest BCUT2D eigenvalue weighted by molar-refractivity contribution is 9.10. The van der Waals surface area contributed by atoms with Gasteiger partial charge in [0.25, 0.3) is 0 Å². The summed E-state index contributed by atoms with van der Waals surface area (Å²) in [7, 11) is 3.88. The van der Waals surface area contributed by atoms with Crippen molar-refractivity contribution in [2.45, 2.75) is 19.0 Å². The molecule has 1 aliphatic heterocycles. The van der Waals surface area contributed by atoms with Crippen molar-refractivity contribution >= 4 is 28.3 Å².